The van der Waals surface area contributed by atoms with Crippen molar-refractivity contribution in [2.24, 2.45) is 0 Å². The third-order valence-corrected chi connectivity index (χ3v) is 5.94. The number of nitrogens with zero attached hydrogens (tertiary/aromatic N) is 3. The van der Waals surface area contributed by atoms with E-state index in [1.54, 1.807) is 0 Å². The zero-order valence-electron chi connectivity index (χ0n) is 20.8. The predicted octanol–water partition coefficient (Wildman–Crippen LogP) is 7.22. The van der Waals surface area contributed by atoms with Crippen molar-refractivity contribution in [3.63, 3.8) is 0 Å². The average molecular weight is 547 g/mol. The van der Waals surface area contributed by atoms with Gasteiger partial charge in [-0.2, -0.15) is 18.3 Å². The molecule has 0 amide bonds. The van der Waals surface area contributed by atoms with E-state index in [9.17, 15) is 23.3 Å². The summed E-state index contributed by atoms with van der Waals surface area (Å²) in [6, 6.07) is 25.1. The van der Waals surface area contributed by atoms with Crippen LogP contribution in [-0.2, 0) is 19.4 Å². The van der Waals surface area contributed by atoms with Gasteiger partial charge in [0.05, 0.1) is 16.3 Å². The van der Waals surface area contributed by atoms with Crippen molar-refractivity contribution in [1.82, 2.24) is 15.2 Å². The molecule has 202 valence electrons. The smallest absolute Gasteiger partial charge is 0.434 e. The summed E-state index contributed by atoms with van der Waals surface area (Å²) in [6.07, 6.45) is -3.63. The highest BCUT2D eigenvalue weighted by Gasteiger charge is 2.36. The monoisotopic (exact) mass is 546 g/mol. The number of benzene rings is 3. The standard InChI is InChI=1S/C29H21F3N4O4/c30-29(31,32)28-22(12-7-13-33-28)24-16-23(34-35-24)21-14-25(36(37)38)27(40-18-20-10-5-2-6-11-20)26(15-21)39-17-19-8-3-1-4-9-19/h1-16H,17-18H2,(H,34,35). The van der Waals surface area contributed by atoms with Crippen LogP contribution in [0.15, 0.2) is 97.2 Å². The van der Waals surface area contributed by atoms with Crippen molar-refractivity contribution in [3.05, 3.63) is 124 Å². The predicted molar refractivity (Wildman–Crippen MR) is 140 cm³/mol. The van der Waals surface area contributed by atoms with Gasteiger partial charge in [-0.05, 0) is 35.4 Å². The fourth-order valence-corrected chi connectivity index (χ4v) is 4.04. The molecule has 0 fully saturated rings. The Morgan fingerprint density at radius 1 is 0.850 bits per heavy atom. The van der Waals surface area contributed by atoms with E-state index in [1.165, 1.54) is 30.3 Å². The second-order valence-electron chi connectivity index (χ2n) is 8.69. The molecule has 11 heteroatoms. The van der Waals surface area contributed by atoms with Crippen molar-refractivity contribution < 1.29 is 27.6 Å². The lowest BCUT2D eigenvalue weighted by Crippen LogP contribution is -2.09. The summed E-state index contributed by atoms with van der Waals surface area (Å²) in [5.41, 5.74) is 0.439. The number of nitro groups is 1. The van der Waals surface area contributed by atoms with Crippen molar-refractivity contribution in [2.75, 3.05) is 0 Å². The zero-order valence-corrected chi connectivity index (χ0v) is 20.8. The van der Waals surface area contributed by atoms with Crippen molar-refractivity contribution in [1.29, 1.82) is 0 Å². The number of hydrogen-bond donors (Lipinski definition) is 1. The van der Waals surface area contributed by atoms with Gasteiger partial charge in [0.25, 0.3) is 0 Å². The van der Waals surface area contributed by atoms with E-state index >= 15 is 0 Å². The lowest BCUT2D eigenvalue weighted by atomic mass is 10.1. The van der Waals surface area contributed by atoms with E-state index < -0.39 is 16.8 Å². The number of nitro benzene ring substituents is 1. The second-order valence-corrected chi connectivity index (χ2v) is 8.69. The lowest BCUT2D eigenvalue weighted by Gasteiger charge is -2.14. The molecular weight excluding hydrogens is 525 g/mol. The molecule has 8 nitrogen and oxygen atoms in total. The number of aromatic amines is 1. The number of nitrogens with one attached hydrogen (secondary N) is 1. The molecule has 5 rings (SSSR count). The Morgan fingerprint density at radius 3 is 2.12 bits per heavy atom. The normalized spacial score (nSPS) is 11.3. The first-order valence-electron chi connectivity index (χ1n) is 12.0. The summed E-state index contributed by atoms with van der Waals surface area (Å²) >= 11 is 0. The Balaban J connectivity index is 1.55. The van der Waals surface area contributed by atoms with E-state index in [-0.39, 0.29) is 52.9 Å². The number of hydrogen-bond acceptors (Lipinski definition) is 6. The minimum atomic E-state index is -4.68. The van der Waals surface area contributed by atoms with E-state index in [0.717, 1.165) is 17.3 Å². The number of H-pyrrole nitrogens is 1. The topological polar surface area (TPSA) is 103 Å². The maximum Gasteiger partial charge on any atom is 0.434 e. The molecule has 0 spiro atoms. The van der Waals surface area contributed by atoms with Crippen LogP contribution in [0.3, 0.4) is 0 Å². The van der Waals surface area contributed by atoms with E-state index in [1.807, 2.05) is 60.7 Å². The largest absolute Gasteiger partial charge is 0.485 e. The van der Waals surface area contributed by atoms with Crippen molar-refractivity contribution >= 4 is 5.69 Å². The zero-order chi connectivity index (χ0) is 28.1. The van der Waals surface area contributed by atoms with Crippen LogP contribution in [-0.4, -0.2) is 20.1 Å². The van der Waals surface area contributed by atoms with Crippen molar-refractivity contribution in [2.45, 2.75) is 19.4 Å². The molecule has 40 heavy (non-hydrogen) atoms. The number of alkyl halides is 3. The molecule has 1 N–H and O–H groups in total. The first-order valence-corrected chi connectivity index (χ1v) is 12.0. The molecule has 0 aliphatic heterocycles. The molecule has 0 aliphatic carbocycles. The molecule has 2 heterocycles. The average Bonchev–Trinajstić information content (AvgIpc) is 3.46. The first kappa shape index (κ1) is 26.4. The summed E-state index contributed by atoms with van der Waals surface area (Å²) in [7, 11) is 0. The van der Waals surface area contributed by atoms with Gasteiger partial charge in [-0.25, -0.2) is 0 Å². The van der Waals surface area contributed by atoms with Gasteiger partial charge in [0.15, 0.2) is 11.4 Å². The maximum absolute atomic E-state index is 13.5. The van der Waals surface area contributed by atoms with Crippen LogP contribution < -0.4 is 9.47 Å². The van der Waals surface area contributed by atoms with Crippen LogP contribution in [0.2, 0.25) is 0 Å². The summed E-state index contributed by atoms with van der Waals surface area (Å²) in [6.45, 7) is 0.149. The van der Waals surface area contributed by atoms with Gasteiger partial charge in [0.2, 0.25) is 5.75 Å². The molecule has 0 saturated heterocycles. The van der Waals surface area contributed by atoms with Crippen LogP contribution in [0.4, 0.5) is 18.9 Å². The molecule has 3 aromatic carbocycles. The van der Waals surface area contributed by atoms with Gasteiger partial charge in [-0.3, -0.25) is 20.2 Å². The van der Waals surface area contributed by atoms with Gasteiger partial charge in [-0.1, -0.05) is 60.7 Å². The van der Waals surface area contributed by atoms with Crippen LogP contribution in [0.5, 0.6) is 11.5 Å². The molecule has 0 atom stereocenters. The summed E-state index contributed by atoms with van der Waals surface area (Å²) < 4.78 is 52.5. The van der Waals surface area contributed by atoms with Gasteiger partial charge in [0.1, 0.15) is 13.2 Å². The van der Waals surface area contributed by atoms with Gasteiger partial charge >= 0.3 is 11.9 Å². The second kappa shape index (κ2) is 11.3. The maximum atomic E-state index is 13.5. The third kappa shape index (κ3) is 5.93. The van der Waals surface area contributed by atoms with E-state index in [0.29, 0.717) is 0 Å². The quantitative estimate of drug-likeness (QED) is 0.155. The summed E-state index contributed by atoms with van der Waals surface area (Å²) in [4.78, 5) is 15.0. The number of aromatic nitrogens is 3. The highest BCUT2D eigenvalue weighted by atomic mass is 19.4. The van der Waals surface area contributed by atoms with Gasteiger partial charge in [-0.15, -0.1) is 0 Å². The Morgan fingerprint density at radius 2 is 1.50 bits per heavy atom. The van der Waals surface area contributed by atoms with Gasteiger partial charge < -0.3 is 9.47 Å². The highest BCUT2D eigenvalue weighted by Crippen LogP contribution is 2.43. The molecule has 5 aromatic rings. The Kier molecular flexibility index (Phi) is 7.45. The molecule has 2 aromatic heterocycles. The minimum absolute atomic E-state index is 0.0502. The Bertz CT molecular complexity index is 1620. The first-order chi connectivity index (χ1) is 19.3. The van der Waals surface area contributed by atoms with Gasteiger partial charge in [0, 0.05) is 23.4 Å². The number of ether oxygens (including phenoxy) is 2. The van der Waals surface area contributed by atoms with Crippen molar-refractivity contribution in [3.8, 4) is 34.0 Å². The number of rotatable bonds is 9. The third-order valence-electron chi connectivity index (χ3n) is 5.94. The molecule has 0 bridgehead atoms. The van der Waals surface area contributed by atoms with E-state index in [2.05, 4.69) is 15.2 Å². The number of halogens is 3. The molecule has 0 unspecified atom stereocenters. The fourth-order valence-electron chi connectivity index (χ4n) is 4.04. The van der Waals surface area contributed by atoms with Crippen LogP contribution in [0, 0.1) is 10.1 Å². The fraction of sp³-hybridized carbons (Fsp3) is 0.103. The lowest BCUT2D eigenvalue weighted by molar-refractivity contribution is -0.386. The Labute approximate surface area is 226 Å². The SMILES string of the molecule is O=[N+]([O-])c1cc(-c2cc(-c3cccnc3C(F)(F)F)[nH]n2)cc(OCc2ccccc2)c1OCc1ccccc1. The summed E-state index contributed by atoms with van der Waals surface area (Å²) in [5.74, 6) is 0.0156. The van der Waals surface area contributed by atoms with Crippen LogP contribution in [0.25, 0.3) is 22.5 Å². The minimum Gasteiger partial charge on any atom is -0.485 e. The molecule has 0 aliphatic rings. The van der Waals surface area contributed by atoms with E-state index in [4.69, 9.17) is 9.47 Å². The van der Waals surface area contributed by atoms with Crippen LogP contribution in [0.1, 0.15) is 16.8 Å². The highest BCUT2D eigenvalue weighted by molar-refractivity contribution is 5.74. The Hall–Kier alpha value is -5.19. The summed E-state index contributed by atoms with van der Waals surface area (Å²) in [5, 5.41) is 18.9. The molecule has 0 saturated carbocycles. The number of pyridine rings is 1. The molecule has 0 radical (unpaired) electrons. The molecular formula is C29H21F3N4O4. The van der Waals surface area contributed by atoms with Crippen LogP contribution >= 0.6 is 0 Å².